The van der Waals surface area contributed by atoms with Gasteiger partial charge in [0.2, 0.25) is 11.9 Å². The number of hydrogen-bond acceptors (Lipinski definition) is 5. The lowest BCUT2D eigenvalue weighted by atomic mass is 9.61. The molecule has 0 unspecified atom stereocenters. The van der Waals surface area contributed by atoms with Crippen LogP contribution in [0.2, 0.25) is 0 Å². The maximum Gasteiger partial charge on any atom is 0.272 e. The van der Waals surface area contributed by atoms with Crippen molar-refractivity contribution in [3.63, 3.8) is 0 Å². The highest BCUT2D eigenvalue weighted by Gasteiger charge is 2.48. The molecule has 3 heterocycles. The van der Waals surface area contributed by atoms with Crippen LogP contribution in [0, 0.1) is 10.8 Å². The molecular formula is C31H39F2N5O2S. The fourth-order valence-corrected chi connectivity index (χ4v) is 6.78. The van der Waals surface area contributed by atoms with Crippen LogP contribution in [-0.2, 0) is 11.3 Å². The van der Waals surface area contributed by atoms with E-state index in [0.717, 1.165) is 60.2 Å². The number of nitrogens with one attached hydrogen (secondary N) is 2. The van der Waals surface area contributed by atoms with Gasteiger partial charge in [-0.1, -0.05) is 33.4 Å². The molecule has 1 saturated heterocycles. The minimum atomic E-state index is -2.62. The van der Waals surface area contributed by atoms with Crippen LogP contribution < -0.4 is 10.6 Å². The highest BCUT2D eigenvalue weighted by molar-refractivity contribution is 7.14. The molecule has 1 spiro atoms. The Hall–Kier alpha value is -3.11. The Kier molecular flexibility index (Phi) is 8.09. The van der Waals surface area contributed by atoms with Crippen LogP contribution in [0.5, 0.6) is 0 Å². The van der Waals surface area contributed by atoms with Crippen molar-refractivity contribution in [3.05, 3.63) is 58.3 Å². The minimum Gasteiger partial charge on any atom is -0.339 e. The molecule has 220 valence electrons. The molecule has 2 aliphatic rings. The molecule has 5 rings (SSSR count). The molecular weight excluding hydrogens is 544 g/mol. The lowest BCUT2D eigenvalue weighted by molar-refractivity contribution is -0.132. The van der Waals surface area contributed by atoms with Gasteiger partial charge in [-0.2, -0.15) is 0 Å². The van der Waals surface area contributed by atoms with Gasteiger partial charge >= 0.3 is 0 Å². The van der Waals surface area contributed by atoms with E-state index in [-0.39, 0.29) is 32.5 Å². The first kappa shape index (κ1) is 29.4. The Balaban J connectivity index is 1.42. The molecule has 1 atom stereocenters. The van der Waals surface area contributed by atoms with Crippen molar-refractivity contribution in [2.24, 2.45) is 10.8 Å². The number of alkyl halides is 2. The number of benzene rings is 1. The third kappa shape index (κ3) is 6.09. The second-order valence-corrected chi connectivity index (χ2v) is 13.8. The number of hydrogen-bond donors (Lipinski definition) is 2. The Bertz CT molecular complexity index is 1450. The number of carbonyl (C=O) groups is 2. The van der Waals surface area contributed by atoms with Gasteiger partial charge in [0.05, 0.1) is 20.8 Å². The summed E-state index contributed by atoms with van der Waals surface area (Å²) in [5, 5.41) is 6.51. The summed E-state index contributed by atoms with van der Waals surface area (Å²) in [6.07, 6.45) is 2.49. The normalized spacial score (nSPS) is 21.7. The topological polar surface area (TPSA) is 79.3 Å². The highest BCUT2D eigenvalue weighted by Crippen LogP contribution is 2.55. The summed E-state index contributed by atoms with van der Waals surface area (Å²) in [7, 11) is 0. The molecule has 3 aromatic rings. The average Bonchev–Trinajstić information content (AvgIpc) is 3.54. The summed E-state index contributed by atoms with van der Waals surface area (Å²) < 4.78 is 28.4. The average molecular weight is 584 g/mol. The third-order valence-corrected chi connectivity index (χ3v) is 9.90. The number of piperidine rings is 1. The number of imidazole rings is 1. The zero-order valence-electron chi connectivity index (χ0n) is 24.2. The number of amides is 2. The third-order valence-electron chi connectivity index (χ3n) is 8.81. The SMILES string of the molecule is C=CC(=O)N1CCC[C@]2(C1)C[C@H](n1c(NC(=O)c3ccc(C(F)F)s3)nc3cc(CN[C@@H](C)C(C)(C)C)ccc31)C2. The van der Waals surface area contributed by atoms with Gasteiger partial charge in [-0.3, -0.25) is 14.9 Å². The molecule has 7 nitrogen and oxygen atoms in total. The first-order valence-electron chi connectivity index (χ1n) is 14.2. The van der Waals surface area contributed by atoms with Crippen LogP contribution in [0.15, 0.2) is 43.0 Å². The van der Waals surface area contributed by atoms with E-state index >= 15 is 0 Å². The van der Waals surface area contributed by atoms with Crippen LogP contribution in [-0.4, -0.2) is 45.4 Å². The van der Waals surface area contributed by atoms with Gasteiger partial charge in [-0.05, 0) is 79.3 Å². The van der Waals surface area contributed by atoms with E-state index in [1.54, 1.807) is 0 Å². The van der Waals surface area contributed by atoms with Crippen molar-refractivity contribution in [2.45, 2.75) is 78.4 Å². The fraction of sp³-hybridized carbons (Fsp3) is 0.516. The number of nitrogens with zero attached hydrogens (tertiary/aromatic N) is 3. The first-order chi connectivity index (χ1) is 19.4. The van der Waals surface area contributed by atoms with Gasteiger partial charge in [-0.15, -0.1) is 11.3 Å². The van der Waals surface area contributed by atoms with Crippen molar-refractivity contribution in [2.75, 3.05) is 18.4 Å². The zero-order valence-corrected chi connectivity index (χ0v) is 25.0. The van der Waals surface area contributed by atoms with Gasteiger partial charge in [0.25, 0.3) is 12.3 Å². The lowest BCUT2D eigenvalue weighted by Gasteiger charge is -2.53. The van der Waals surface area contributed by atoms with Gasteiger partial charge in [0.15, 0.2) is 0 Å². The van der Waals surface area contributed by atoms with Crippen LogP contribution in [0.4, 0.5) is 14.7 Å². The van der Waals surface area contributed by atoms with Crippen molar-refractivity contribution in [1.82, 2.24) is 19.8 Å². The number of carbonyl (C=O) groups excluding carboxylic acids is 2. The second-order valence-electron chi connectivity index (χ2n) is 12.7. The number of likely N-dealkylation sites (tertiary alicyclic amines) is 1. The van der Waals surface area contributed by atoms with Crippen LogP contribution in [0.25, 0.3) is 11.0 Å². The molecule has 1 aliphatic heterocycles. The van der Waals surface area contributed by atoms with Gasteiger partial charge in [0, 0.05) is 31.7 Å². The number of halogens is 2. The van der Waals surface area contributed by atoms with Gasteiger partial charge < -0.3 is 14.8 Å². The number of aromatic nitrogens is 2. The number of rotatable bonds is 8. The Morgan fingerprint density at radius 2 is 2.00 bits per heavy atom. The first-order valence-corrected chi connectivity index (χ1v) is 15.1. The molecule has 0 bridgehead atoms. The van der Waals surface area contributed by atoms with Crippen LogP contribution in [0.1, 0.15) is 86.0 Å². The summed E-state index contributed by atoms with van der Waals surface area (Å²) in [6, 6.07) is 9.31. The second kappa shape index (κ2) is 11.3. The van der Waals surface area contributed by atoms with Crippen LogP contribution in [0.3, 0.4) is 0 Å². The molecule has 1 aliphatic carbocycles. The summed E-state index contributed by atoms with van der Waals surface area (Å²) in [5.74, 6) is -0.0664. The van der Waals surface area contributed by atoms with Crippen molar-refractivity contribution in [1.29, 1.82) is 0 Å². The number of anilines is 1. The predicted octanol–water partition coefficient (Wildman–Crippen LogP) is 6.94. The highest BCUT2D eigenvalue weighted by atomic mass is 32.1. The molecule has 41 heavy (non-hydrogen) atoms. The number of thiophene rings is 1. The largest absolute Gasteiger partial charge is 0.339 e. The fourth-order valence-electron chi connectivity index (χ4n) is 6.03. The predicted molar refractivity (Wildman–Crippen MR) is 159 cm³/mol. The smallest absolute Gasteiger partial charge is 0.272 e. The van der Waals surface area contributed by atoms with E-state index in [4.69, 9.17) is 4.98 Å². The molecule has 2 aromatic heterocycles. The van der Waals surface area contributed by atoms with E-state index < -0.39 is 12.3 Å². The number of fused-ring (bicyclic) bond motifs is 1. The van der Waals surface area contributed by atoms with Crippen molar-refractivity contribution < 1.29 is 18.4 Å². The van der Waals surface area contributed by atoms with E-state index in [9.17, 15) is 18.4 Å². The Labute approximate surface area is 244 Å². The lowest BCUT2D eigenvalue weighted by Crippen LogP contribution is -2.52. The van der Waals surface area contributed by atoms with Crippen LogP contribution >= 0.6 is 11.3 Å². The molecule has 2 amide bonds. The quantitative estimate of drug-likeness (QED) is 0.282. The van der Waals surface area contributed by atoms with Crippen molar-refractivity contribution in [3.8, 4) is 0 Å². The molecule has 10 heteroatoms. The van der Waals surface area contributed by atoms with E-state index in [0.29, 0.717) is 25.1 Å². The molecule has 1 saturated carbocycles. The van der Waals surface area contributed by atoms with E-state index in [1.807, 2.05) is 11.0 Å². The summed E-state index contributed by atoms with van der Waals surface area (Å²) in [4.78, 5) is 32.2. The van der Waals surface area contributed by atoms with E-state index in [1.165, 1.54) is 18.2 Å². The Morgan fingerprint density at radius 1 is 1.24 bits per heavy atom. The molecule has 2 N–H and O–H groups in total. The maximum atomic E-state index is 13.2. The van der Waals surface area contributed by atoms with E-state index in [2.05, 4.69) is 61.6 Å². The van der Waals surface area contributed by atoms with Crippen molar-refractivity contribution >= 4 is 40.1 Å². The summed E-state index contributed by atoms with van der Waals surface area (Å²) in [6.45, 7) is 14.6. The standard InChI is InChI=1S/C31H39F2N5O2S/c1-6-26(39)37-13-7-12-31(18-37)15-21(16-31)38-23-9-8-20(17-34-19(2)30(3,4)5)14-22(23)35-29(38)36-28(40)25-11-10-24(41-25)27(32)33/h6,8-11,14,19,21,27,34H,1,7,12-13,15-18H2,2-5H3,(H,35,36,40)/t19-,21-,31-/m0/s1. The Morgan fingerprint density at radius 3 is 2.66 bits per heavy atom. The van der Waals surface area contributed by atoms with Gasteiger partial charge in [-0.25, -0.2) is 13.8 Å². The van der Waals surface area contributed by atoms with Gasteiger partial charge in [0.1, 0.15) is 0 Å². The zero-order chi connectivity index (χ0) is 29.5. The molecule has 0 radical (unpaired) electrons. The minimum absolute atomic E-state index is 0.0328. The maximum absolute atomic E-state index is 13.2. The molecule has 2 fully saturated rings. The summed E-state index contributed by atoms with van der Waals surface area (Å²) in [5.41, 5.74) is 2.94. The monoisotopic (exact) mass is 583 g/mol. The molecule has 1 aromatic carbocycles. The summed E-state index contributed by atoms with van der Waals surface area (Å²) >= 11 is 0.793.